The quantitative estimate of drug-likeness (QED) is 0.446. The van der Waals surface area contributed by atoms with Crippen LogP contribution in [-0.2, 0) is 16.2 Å². The molecule has 2 rings (SSSR count). The molecule has 0 bridgehead atoms. The number of halogens is 1. The van der Waals surface area contributed by atoms with Crippen LogP contribution in [0, 0.1) is 5.82 Å². The predicted octanol–water partition coefficient (Wildman–Crippen LogP) is 2.77. The van der Waals surface area contributed by atoms with Crippen molar-refractivity contribution in [3.8, 4) is 5.75 Å². The maximum atomic E-state index is 13.5. The fourth-order valence-corrected chi connectivity index (χ4v) is 2.03. The molecule has 1 atom stereocenters. The first-order chi connectivity index (χ1) is 13.0. The molecule has 0 radical (unpaired) electrons. The Morgan fingerprint density at radius 1 is 1.15 bits per heavy atom. The van der Waals surface area contributed by atoms with Crippen molar-refractivity contribution in [1.29, 1.82) is 0 Å². The number of ether oxygens (including phenoxy) is 1. The normalized spacial score (nSPS) is 11.8. The average Bonchev–Trinajstić information content (AvgIpc) is 2.68. The second-order valence-corrected chi connectivity index (χ2v) is 5.93. The molecule has 0 aliphatic heterocycles. The van der Waals surface area contributed by atoms with Gasteiger partial charge in [-0.15, -0.1) is 0 Å². The highest BCUT2D eigenvalue weighted by Gasteiger charge is 2.14. The number of carbonyl (C=O) groups excluding carboxylic acids is 2. The average molecular weight is 371 g/mol. The van der Waals surface area contributed by atoms with E-state index in [0.717, 1.165) is 6.42 Å². The number of rotatable bonds is 7. The van der Waals surface area contributed by atoms with Crippen molar-refractivity contribution < 1.29 is 18.7 Å². The van der Waals surface area contributed by atoms with Gasteiger partial charge in [0.2, 0.25) is 0 Å². The van der Waals surface area contributed by atoms with Gasteiger partial charge in [-0.1, -0.05) is 25.1 Å². The lowest BCUT2D eigenvalue weighted by atomic mass is 10.2. The van der Waals surface area contributed by atoms with Crippen molar-refractivity contribution in [1.82, 2.24) is 10.7 Å². The van der Waals surface area contributed by atoms with Crippen molar-refractivity contribution in [3.05, 3.63) is 65.5 Å². The highest BCUT2D eigenvalue weighted by Crippen LogP contribution is 2.15. The second kappa shape index (κ2) is 10.1. The molecule has 0 saturated heterocycles. The largest absolute Gasteiger partial charge is 0.489 e. The number of nitrogens with one attached hydrogen (secondary N) is 2. The molecule has 2 N–H and O–H groups in total. The summed E-state index contributed by atoms with van der Waals surface area (Å²) >= 11 is 0. The number of nitrogens with zero attached hydrogens (tertiary/aromatic N) is 1. The molecule has 7 heteroatoms. The van der Waals surface area contributed by atoms with E-state index in [1.165, 1.54) is 12.3 Å². The van der Waals surface area contributed by atoms with Crippen LogP contribution in [0.4, 0.5) is 4.39 Å². The maximum absolute atomic E-state index is 13.5. The lowest BCUT2D eigenvalue weighted by Crippen LogP contribution is -2.41. The SMILES string of the molecule is CC[C@H](C)NC(=O)C(=O)N/N=C\c1ccc(OCc2ccccc2F)cc1. The molecule has 0 spiro atoms. The lowest BCUT2D eigenvalue weighted by molar-refractivity contribution is -0.139. The third kappa shape index (κ3) is 6.54. The molecule has 0 heterocycles. The molecule has 0 aliphatic rings. The molecular formula is C20H22FN3O3. The third-order valence-corrected chi connectivity index (χ3v) is 3.81. The molecule has 0 unspecified atom stereocenters. The van der Waals surface area contributed by atoms with E-state index in [9.17, 15) is 14.0 Å². The Bertz CT molecular complexity index is 806. The zero-order valence-electron chi connectivity index (χ0n) is 15.2. The van der Waals surface area contributed by atoms with E-state index in [-0.39, 0.29) is 18.5 Å². The summed E-state index contributed by atoms with van der Waals surface area (Å²) in [5, 5.41) is 6.30. The number of carbonyl (C=O) groups is 2. The van der Waals surface area contributed by atoms with E-state index >= 15 is 0 Å². The van der Waals surface area contributed by atoms with Crippen LogP contribution in [0.5, 0.6) is 5.75 Å². The summed E-state index contributed by atoms with van der Waals surface area (Å²) in [6, 6.07) is 13.2. The molecule has 0 saturated carbocycles. The summed E-state index contributed by atoms with van der Waals surface area (Å²) in [5.41, 5.74) is 3.35. The van der Waals surface area contributed by atoms with Crippen molar-refractivity contribution in [2.75, 3.05) is 0 Å². The zero-order chi connectivity index (χ0) is 19.6. The van der Waals surface area contributed by atoms with Gasteiger partial charge in [-0.2, -0.15) is 5.10 Å². The van der Waals surface area contributed by atoms with Crippen LogP contribution in [0.1, 0.15) is 31.4 Å². The molecule has 27 heavy (non-hydrogen) atoms. The van der Waals surface area contributed by atoms with Crippen LogP contribution in [0.25, 0.3) is 0 Å². The summed E-state index contributed by atoms with van der Waals surface area (Å²) < 4.78 is 19.1. The van der Waals surface area contributed by atoms with Crippen LogP contribution in [0.15, 0.2) is 53.6 Å². The first-order valence-electron chi connectivity index (χ1n) is 8.59. The topological polar surface area (TPSA) is 79.8 Å². The van der Waals surface area contributed by atoms with Crippen LogP contribution >= 0.6 is 0 Å². The van der Waals surface area contributed by atoms with Gasteiger partial charge in [-0.3, -0.25) is 9.59 Å². The number of benzene rings is 2. The molecule has 6 nitrogen and oxygen atoms in total. The monoisotopic (exact) mass is 371 g/mol. The van der Waals surface area contributed by atoms with E-state index in [0.29, 0.717) is 16.9 Å². The minimum absolute atomic E-state index is 0.0795. The van der Waals surface area contributed by atoms with E-state index < -0.39 is 11.8 Å². The standard InChI is InChI=1S/C20H22FN3O3/c1-3-14(2)23-19(25)20(26)24-22-12-15-8-10-17(11-9-15)27-13-16-6-4-5-7-18(16)21/h4-12,14H,3,13H2,1-2H3,(H,23,25)(H,24,26)/b22-12-/t14-/m0/s1. The van der Waals surface area contributed by atoms with Crippen molar-refractivity contribution >= 4 is 18.0 Å². The predicted molar refractivity (Wildman–Crippen MR) is 101 cm³/mol. The van der Waals surface area contributed by atoms with Crippen LogP contribution in [-0.4, -0.2) is 24.1 Å². The van der Waals surface area contributed by atoms with Crippen molar-refractivity contribution in [2.45, 2.75) is 32.9 Å². The number of hydrogen-bond donors (Lipinski definition) is 2. The smallest absolute Gasteiger partial charge is 0.329 e. The number of hydrogen-bond acceptors (Lipinski definition) is 4. The number of hydrazone groups is 1. The Morgan fingerprint density at radius 2 is 1.85 bits per heavy atom. The summed E-state index contributed by atoms with van der Waals surface area (Å²) in [6.45, 7) is 3.84. The minimum atomic E-state index is -0.823. The summed E-state index contributed by atoms with van der Waals surface area (Å²) in [5.74, 6) is -1.28. The zero-order valence-corrected chi connectivity index (χ0v) is 15.2. The molecule has 142 valence electrons. The minimum Gasteiger partial charge on any atom is -0.489 e. The molecule has 2 aromatic rings. The van der Waals surface area contributed by atoms with E-state index in [4.69, 9.17) is 4.74 Å². The maximum Gasteiger partial charge on any atom is 0.329 e. The first-order valence-corrected chi connectivity index (χ1v) is 8.59. The Hall–Kier alpha value is -3.22. The second-order valence-electron chi connectivity index (χ2n) is 5.93. The van der Waals surface area contributed by atoms with Crippen LogP contribution in [0.3, 0.4) is 0 Å². The van der Waals surface area contributed by atoms with Gasteiger partial charge in [0.05, 0.1) is 6.21 Å². The summed E-state index contributed by atoms with van der Waals surface area (Å²) in [7, 11) is 0. The highest BCUT2D eigenvalue weighted by molar-refractivity contribution is 6.35. The van der Waals surface area contributed by atoms with Gasteiger partial charge in [-0.05, 0) is 49.2 Å². The van der Waals surface area contributed by atoms with E-state index in [1.54, 1.807) is 42.5 Å². The fourth-order valence-electron chi connectivity index (χ4n) is 2.03. The number of amides is 2. The molecule has 2 aromatic carbocycles. The van der Waals surface area contributed by atoms with E-state index in [2.05, 4.69) is 15.8 Å². The Balaban J connectivity index is 1.82. The Kier molecular flexibility index (Phi) is 7.49. The van der Waals surface area contributed by atoms with Gasteiger partial charge in [0.1, 0.15) is 18.2 Å². The van der Waals surface area contributed by atoms with Gasteiger partial charge >= 0.3 is 11.8 Å². The molecule has 0 aromatic heterocycles. The van der Waals surface area contributed by atoms with Gasteiger partial charge in [0, 0.05) is 11.6 Å². The molecule has 0 fully saturated rings. The Labute approximate surface area is 157 Å². The van der Waals surface area contributed by atoms with Gasteiger partial charge < -0.3 is 10.1 Å². The lowest BCUT2D eigenvalue weighted by Gasteiger charge is -2.09. The summed E-state index contributed by atoms with van der Waals surface area (Å²) in [4.78, 5) is 23.2. The third-order valence-electron chi connectivity index (χ3n) is 3.81. The van der Waals surface area contributed by atoms with Crippen molar-refractivity contribution in [2.24, 2.45) is 5.10 Å². The van der Waals surface area contributed by atoms with Gasteiger partial charge in [-0.25, -0.2) is 9.82 Å². The molecular weight excluding hydrogens is 349 g/mol. The fraction of sp³-hybridized carbons (Fsp3) is 0.250. The molecule has 2 amide bonds. The molecule has 0 aliphatic carbocycles. The van der Waals surface area contributed by atoms with Crippen molar-refractivity contribution in [3.63, 3.8) is 0 Å². The summed E-state index contributed by atoms with van der Waals surface area (Å²) in [6.07, 6.45) is 2.14. The highest BCUT2D eigenvalue weighted by atomic mass is 19.1. The Morgan fingerprint density at radius 3 is 2.52 bits per heavy atom. The first kappa shape index (κ1) is 20.1. The van der Waals surface area contributed by atoms with Crippen LogP contribution < -0.4 is 15.5 Å². The van der Waals surface area contributed by atoms with Gasteiger partial charge in [0.25, 0.3) is 0 Å². The van der Waals surface area contributed by atoms with E-state index in [1.807, 2.05) is 13.8 Å². The van der Waals surface area contributed by atoms with Crippen LogP contribution in [0.2, 0.25) is 0 Å². The van der Waals surface area contributed by atoms with Gasteiger partial charge in [0.15, 0.2) is 0 Å².